The van der Waals surface area contributed by atoms with Crippen LogP contribution in [0.3, 0.4) is 0 Å². The summed E-state index contributed by atoms with van der Waals surface area (Å²) in [5.74, 6) is 1.39. The monoisotopic (exact) mass is 461 g/mol. The maximum absolute atomic E-state index is 6.27. The number of thiocarbonyl (C=S) groups is 1. The molecule has 2 fully saturated rings. The number of rotatable bonds is 5. The minimum absolute atomic E-state index is 0.0820. The van der Waals surface area contributed by atoms with Crippen molar-refractivity contribution in [3.05, 3.63) is 46.6 Å². The Morgan fingerprint density at radius 1 is 1.13 bits per heavy atom. The Kier molecular flexibility index (Phi) is 7.22. The van der Waals surface area contributed by atoms with Crippen molar-refractivity contribution in [2.24, 2.45) is 0 Å². The molecule has 2 aromatic rings. The first-order valence-corrected chi connectivity index (χ1v) is 11.4. The van der Waals surface area contributed by atoms with Crippen molar-refractivity contribution in [1.29, 1.82) is 0 Å². The van der Waals surface area contributed by atoms with E-state index >= 15 is 0 Å². The quantitative estimate of drug-likeness (QED) is 0.657. The van der Waals surface area contributed by atoms with Gasteiger partial charge in [0.05, 0.1) is 13.2 Å². The molecule has 0 bridgehead atoms. The van der Waals surface area contributed by atoms with E-state index in [0.29, 0.717) is 30.8 Å². The molecule has 9 heteroatoms. The van der Waals surface area contributed by atoms with Crippen LogP contribution in [0.15, 0.2) is 30.3 Å². The molecular formula is C22H28ClN5O2S. The Morgan fingerprint density at radius 3 is 2.61 bits per heavy atom. The van der Waals surface area contributed by atoms with Crippen LogP contribution in [-0.4, -0.2) is 61.1 Å². The number of anilines is 2. The molecule has 2 saturated heterocycles. The van der Waals surface area contributed by atoms with Crippen molar-refractivity contribution in [3.63, 3.8) is 0 Å². The summed E-state index contributed by atoms with van der Waals surface area (Å²) in [5, 5.41) is 7.80. The molecule has 0 spiro atoms. The Hall–Kier alpha value is -2.00. The van der Waals surface area contributed by atoms with Gasteiger partial charge in [0.1, 0.15) is 5.82 Å². The Morgan fingerprint density at radius 2 is 1.87 bits per heavy atom. The molecule has 2 aliphatic rings. The summed E-state index contributed by atoms with van der Waals surface area (Å²) in [7, 11) is 0. The molecular weight excluding hydrogens is 434 g/mol. The molecule has 0 unspecified atom stereocenters. The van der Waals surface area contributed by atoms with Crippen LogP contribution in [0.2, 0.25) is 5.02 Å². The minimum atomic E-state index is -0.0820. The first-order valence-electron chi connectivity index (χ1n) is 10.6. The molecule has 2 aliphatic heterocycles. The van der Waals surface area contributed by atoms with Crippen LogP contribution in [0.4, 0.5) is 11.8 Å². The SMILES string of the molecule is Cc1cc(N2CCOCC2)nc(NC(=S)NCC2(c3cccc(Cl)c3)CCOCC2)n1. The van der Waals surface area contributed by atoms with Crippen molar-refractivity contribution < 1.29 is 9.47 Å². The normalized spacial score (nSPS) is 18.5. The lowest BCUT2D eigenvalue weighted by Gasteiger charge is -2.38. The fourth-order valence-electron chi connectivity index (χ4n) is 4.11. The van der Waals surface area contributed by atoms with Gasteiger partial charge in [0, 0.05) is 55.0 Å². The highest BCUT2D eigenvalue weighted by atomic mass is 35.5. The van der Waals surface area contributed by atoms with Gasteiger partial charge in [0.2, 0.25) is 5.95 Å². The molecule has 1 aromatic heterocycles. The summed E-state index contributed by atoms with van der Waals surface area (Å²) >= 11 is 11.9. The van der Waals surface area contributed by atoms with Crippen LogP contribution in [0, 0.1) is 6.92 Å². The number of hydrogen-bond donors (Lipinski definition) is 2. The fraction of sp³-hybridized carbons (Fsp3) is 0.500. The van der Waals surface area contributed by atoms with E-state index < -0.39 is 0 Å². The van der Waals surface area contributed by atoms with Gasteiger partial charge >= 0.3 is 0 Å². The number of nitrogens with one attached hydrogen (secondary N) is 2. The lowest BCUT2D eigenvalue weighted by atomic mass is 9.74. The number of benzene rings is 1. The van der Waals surface area contributed by atoms with E-state index in [0.717, 1.165) is 55.7 Å². The second kappa shape index (κ2) is 10.1. The van der Waals surface area contributed by atoms with Crippen LogP contribution in [-0.2, 0) is 14.9 Å². The molecule has 0 saturated carbocycles. The van der Waals surface area contributed by atoms with Gasteiger partial charge in [0.25, 0.3) is 0 Å². The van der Waals surface area contributed by atoms with Gasteiger partial charge in [0.15, 0.2) is 5.11 Å². The number of halogens is 1. The lowest BCUT2D eigenvalue weighted by Crippen LogP contribution is -2.45. The largest absolute Gasteiger partial charge is 0.381 e. The van der Waals surface area contributed by atoms with Gasteiger partial charge in [-0.3, -0.25) is 0 Å². The second-order valence-electron chi connectivity index (χ2n) is 8.00. The van der Waals surface area contributed by atoms with Crippen LogP contribution in [0.5, 0.6) is 0 Å². The third kappa shape index (κ3) is 5.63. The zero-order valence-corrected chi connectivity index (χ0v) is 19.3. The van der Waals surface area contributed by atoms with E-state index in [-0.39, 0.29) is 5.41 Å². The molecule has 3 heterocycles. The number of nitrogens with zero attached hydrogens (tertiary/aromatic N) is 3. The number of aromatic nitrogens is 2. The highest BCUT2D eigenvalue weighted by Crippen LogP contribution is 2.35. The number of morpholine rings is 1. The number of aryl methyl sites for hydroxylation is 1. The smallest absolute Gasteiger partial charge is 0.231 e. The molecule has 0 amide bonds. The Bertz CT molecular complexity index is 917. The average Bonchev–Trinajstić information content (AvgIpc) is 2.78. The summed E-state index contributed by atoms with van der Waals surface area (Å²) in [6.45, 7) is 7.15. The van der Waals surface area contributed by atoms with E-state index in [1.54, 1.807) is 0 Å². The van der Waals surface area contributed by atoms with E-state index in [1.165, 1.54) is 5.56 Å². The first-order chi connectivity index (χ1) is 15.0. The Balaban J connectivity index is 1.43. The molecule has 7 nitrogen and oxygen atoms in total. The Labute approximate surface area is 193 Å². The van der Waals surface area contributed by atoms with Crippen LogP contribution < -0.4 is 15.5 Å². The highest BCUT2D eigenvalue weighted by Gasteiger charge is 2.34. The van der Waals surface area contributed by atoms with Crippen molar-refractivity contribution in [1.82, 2.24) is 15.3 Å². The fourth-order valence-corrected chi connectivity index (χ4v) is 4.46. The van der Waals surface area contributed by atoms with Crippen molar-refractivity contribution in [2.45, 2.75) is 25.2 Å². The molecule has 2 N–H and O–H groups in total. The van der Waals surface area contributed by atoms with Gasteiger partial charge in [-0.2, -0.15) is 4.98 Å². The second-order valence-corrected chi connectivity index (χ2v) is 8.85. The van der Waals surface area contributed by atoms with E-state index in [2.05, 4.69) is 31.6 Å². The average molecular weight is 462 g/mol. The van der Waals surface area contributed by atoms with Gasteiger partial charge in [-0.25, -0.2) is 4.98 Å². The third-order valence-electron chi connectivity index (χ3n) is 5.88. The number of hydrogen-bond acceptors (Lipinski definition) is 6. The van der Waals surface area contributed by atoms with E-state index in [4.69, 9.17) is 33.3 Å². The zero-order valence-electron chi connectivity index (χ0n) is 17.7. The van der Waals surface area contributed by atoms with Crippen molar-refractivity contribution in [3.8, 4) is 0 Å². The predicted octanol–water partition coefficient (Wildman–Crippen LogP) is 3.31. The molecule has 4 rings (SSSR count). The summed E-state index contributed by atoms with van der Waals surface area (Å²) in [6, 6.07) is 10.1. The zero-order chi connectivity index (χ0) is 21.7. The van der Waals surface area contributed by atoms with E-state index in [9.17, 15) is 0 Å². The third-order valence-corrected chi connectivity index (χ3v) is 6.36. The summed E-state index contributed by atoms with van der Waals surface area (Å²) < 4.78 is 11.1. The molecule has 166 valence electrons. The van der Waals surface area contributed by atoms with E-state index in [1.807, 2.05) is 31.2 Å². The molecule has 1 aromatic carbocycles. The van der Waals surface area contributed by atoms with Crippen molar-refractivity contribution >= 4 is 40.7 Å². The van der Waals surface area contributed by atoms with Crippen LogP contribution >= 0.6 is 23.8 Å². The highest BCUT2D eigenvalue weighted by molar-refractivity contribution is 7.80. The maximum atomic E-state index is 6.27. The molecule has 31 heavy (non-hydrogen) atoms. The topological polar surface area (TPSA) is 71.5 Å². The molecule has 0 radical (unpaired) electrons. The standard InChI is InChI=1S/C22H28ClN5O2S/c1-16-13-19(28-7-11-30-12-8-28)26-20(25-16)27-21(31)24-15-22(5-9-29-10-6-22)17-3-2-4-18(23)14-17/h2-4,13-14H,5-12,15H2,1H3,(H2,24,25,26,27,31). The molecule has 0 atom stereocenters. The van der Waals surface area contributed by atoms with Crippen LogP contribution in [0.25, 0.3) is 0 Å². The maximum Gasteiger partial charge on any atom is 0.231 e. The summed E-state index contributed by atoms with van der Waals surface area (Å²) in [6.07, 6.45) is 1.82. The number of ether oxygens (including phenoxy) is 2. The van der Waals surface area contributed by atoms with Gasteiger partial charge in [-0.1, -0.05) is 23.7 Å². The van der Waals surface area contributed by atoms with Gasteiger partial charge in [-0.05, 0) is 49.7 Å². The first kappa shape index (κ1) is 22.2. The molecule has 0 aliphatic carbocycles. The lowest BCUT2D eigenvalue weighted by molar-refractivity contribution is 0.0515. The van der Waals surface area contributed by atoms with Crippen molar-refractivity contribution in [2.75, 3.05) is 56.3 Å². The van der Waals surface area contributed by atoms with Crippen LogP contribution in [0.1, 0.15) is 24.1 Å². The predicted molar refractivity (Wildman–Crippen MR) is 127 cm³/mol. The summed E-state index contributed by atoms with van der Waals surface area (Å²) in [5.41, 5.74) is 2.02. The van der Waals surface area contributed by atoms with Gasteiger partial charge in [-0.15, -0.1) is 0 Å². The van der Waals surface area contributed by atoms with Gasteiger partial charge < -0.3 is 25.0 Å². The minimum Gasteiger partial charge on any atom is -0.381 e. The summed E-state index contributed by atoms with van der Waals surface area (Å²) in [4.78, 5) is 11.4.